The molecule has 0 aliphatic carbocycles. The Balaban J connectivity index is 2.82. The molecule has 2 N–H and O–H groups in total. The van der Waals surface area contributed by atoms with E-state index in [0.717, 1.165) is 5.56 Å². The van der Waals surface area contributed by atoms with Crippen molar-refractivity contribution >= 4 is 11.9 Å². The van der Waals surface area contributed by atoms with Gasteiger partial charge in [-0.25, -0.2) is 0 Å². The summed E-state index contributed by atoms with van der Waals surface area (Å²) in [6, 6.07) is 8.49. The second kappa shape index (κ2) is 7.53. The fourth-order valence-electron chi connectivity index (χ4n) is 1.71. The molecule has 0 radical (unpaired) electrons. The number of hydrogen-bond acceptors (Lipinski definition) is 3. The van der Waals surface area contributed by atoms with Crippen molar-refractivity contribution in [3.05, 3.63) is 35.9 Å². The van der Waals surface area contributed by atoms with E-state index in [4.69, 9.17) is 9.84 Å². The SMILES string of the molecule is CCOCC(=O)NC(c1ccccc1)C(C)C(=O)O. The maximum Gasteiger partial charge on any atom is 0.308 e. The second-order valence-corrected chi connectivity index (χ2v) is 4.22. The minimum Gasteiger partial charge on any atom is -0.481 e. The van der Waals surface area contributed by atoms with E-state index in [1.54, 1.807) is 26.0 Å². The first kappa shape index (κ1) is 15.2. The number of nitrogens with one attached hydrogen (secondary N) is 1. The molecule has 1 aromatic carbocycles. The van der Waals surface area contributed by atoms with Gasteiger partial charge in [0, 0.05) is 6.61 Å². The molecule has 104 valence electrons. The predicted molar refractivity (Wildman–Crippen MR) is 70.6 cm³/mol. The van der Waals surface area contributed by atoms with Gasteiger partial charge in [-0.2, -0.15) is 0 Å². The molecular formula is C14H19NO4. The molecule has 0 aromatic heterocycles. The quantitative estimate of drug-likeness (QED) is 0.785. The van der Waals surface area contributed by atoms with Crippen molar-refractivity contribution in [1.29, 1.82) is 0 Å². The molecule has 19 heavy (non-hydrogen) atoms. The van der Waals surface area contributed by atoms with Crippen LogP contribution in [0.1, 0.15) is 25.5 Å². The topological polar surface area (TPSA) is 75.6 Å². The first-order chi connectivity index (χ1) is 9.06. The lowest BCUT2D eigenvalue weighted by Gasteiger charge is -2.22. The number of amides is 1. The predicted octanol–water partition coefficient (Wildman–Crippen LogP) is 1.60. The summed E-state index contributed by atoms with van der Waals surface area (Å²) in [5.74, 6) is -1.98. The van der Waals surface area contributed by atoms with Crippen LogP contribution in [0.15, 0.2) is 30.3 Å². The summed E-state index contributed by atoms with van der Waals surface area (Å²) in [4.78, 5) is 22.8. The Hall–Kier alpha value is -1.88. The van der Waals surface area contributed by atoms with Gasteiger partial charge in [0.25, 0.3) is 0 Å². The van der Waals surface area contributed by atoms with Crippen LogP contribution in [0.2, 0.25) is 0 Å². The molecule has 5 heteroatoms. The molecule has 1 amide bonds. The van der Waals surface area contributed by atoms with E-state index in [9.17, 15) is 9.59 Å². The lowest BCUT2D eigenvalue weighted by Crippen LogP contribution is -2.37. The molecule has 0 aliphatic heterocycles. The molecule has 0 heterocycles. The Labute approximate surface area is 112 Å². The second-order valence-electron chi connectivity index (χ2n) is 4.22. The molecule has 2 unspecified atom stereocenters. The van der Waals surface area contributed by atoms with E-state index in [1.165, 1.54) is 0 Å². The zero-order valence-electron chi connectivity index (χ0n) is 11.1. The fourth-order valence-corrected chi connectivity index (χ4v) is 1.71. The van der Waals surface area contributed by atoms with Gasteiger partial charge in [0.15, 0.2) is 0 Å². The van der Waals surface area contributed by atoms with Gasteiger partial charge in [-0.05, 0) is 19.4 Å². The van der Waals surface area contributed by atoms with Crippen molar-refractivity contribution < 1.29 is 19.4 Å². The Bertz CT molecular complexity index is 419. The van der Waals surface area contributed by atoms with Crippen molar-refractivity contribution in [3.8, 4) is 0 Å². The number of aliphatic carboxylic acids is 1. The average molecular weight is 265 g/mol. The van der Waals surface area contributed by atoms with Gasteiger partial charge in [-0.1, -0.05) is 30.3 Å². The van der Waals surface area contributed by atoms with E-state index in [2.05, 4.69) is 5.32 Å². The number of hydrogen-bond donors (Lipinski definition) is 2. The summed E-state index contributed by atoms with van der Waals surface area (Å²) < 4.78 is 5.01. The zero-order chi connectivity index (χ0) is 14.3. The summed E-state index contributed by atoms with van der Waals surface area (Å²) in [7, 11) is 0. The van der Waals surface area contributed by atoms with Gasteiger partial charge in [0.1, 0.15) is 6.61 Å². The number of carboxylic acid groups (broad SMARTS) is 1. The van der Waals surface area contributed by atoms with Crippen molar-refractivity contribution in [3.63, 3.8) is 0 Å². The van der Waals surface area contributed by atoms with Crippen molar-refractivity contribution in [2.24, 2.45) is 5.92 Å². The summed E-state index contributed by atoms with van der Waals surface area (Å²) in [6.07, 6.45) is 0. The first-order valence-electron chi connectivity index (χ1n) is 6.21. The van der Waals surface area contributed by atoms with Gasteiger partial charge >= 0.3 is 5.97 Å². The standard InChI is InChI=1S/C14H19NO4/c1-3-19-9-12(16)15-13(10(2)14(17)18)11-7-5-4-6-8-11/h4-8,10,13H,3,9H2,1-2H3,(H,15,16)(H,17,18). The third-order valence-electron chi connectivity index (χ3n) is 2.80. The lowest BCUT2D eigenvalue weighted by molar-refractivity contribution is -0.142. The van der Waals surface area contributed by atoms with Gasteiger partial charge < -0.3 is 15.2 Å². The van der Waals surface area contributed by atoms with E-state index >= 15 is 0 Å². The van der Waals surface area contributed by atoms with Crippen LogP contribution in [0.3, 0.4) is 0 Å². The van der Waals surface area contributed by atoms with Crippen LogP contribution >= 0.6 is 0 Å². The third-order valence-corrected chi connectivity index (χ3v) is 2.80. The minimum atomic E-state index is -0.953. The number of benzene rings is 1. The summed E-state index contributed by atoms with van der Waals surface area (Å²) >= 11 is 0. The molecule has 0 saturated carbocycles. The largest absolute Gasteiger partial charge is 0.481 e. The first-order valence-corrected chi connectivity index (χ1v) is 6.21. The van der Waals surface area contributed by atoms with Crippen molar-refractivity contribution in [1.82, 2.24) is 5.32 Å². The molecule has 0 aliphatic rings. The molecule has 0 bridgehead atoms. The van der Waals surface area contributed by atoms with Crippen LogP contribution < -0.4 is 5.32 Å². The van der Waals surface area contributed by atoms with E-state index in [0.29, 0.717) is 6.61 Å². The van der Waals surface area contributed by atoms with Crippen LogP contribution in [-0.4, -0.2) is 30.2 Å². The Morgan fingerprint density at radius 1 is 1.32 bits per heavy atom. The van der Waals surface area contributed by atoms with Gasteiger partial charge in [0.05, 0.1) is 12.0 Å². The Kier molecular flexibility index (Phi) is 6.02. The van der Waals surface area contributed by atoms with Crippen LogP contribution in [0, 0.1) is 5.92 Å². The number of ether oxygens (including phenoxy) is 1. The number of carbonyl (C=O) groups excluding carboxylic acids is 1. The van der Waals surface area contributed by atoms with E-state index < -0.39 is 17.9 Å². The zero-order valence-corrected chi connectivity index (χ0v) is 11.1. The molecular weight excluding hydrogens is 246 g/mol. The molecule has 5 nitrogen and oxygen atoms in total. The van der Waals surface area contributed by atoms with Crippen LogP contribution in [0.5, 0.6) is 0 Å². The molecule has 0 saturated heterocycles. The highest BCUT2D eigenvalue weighted by Crippen LogP contribution is 2.21. The molecule has 1 aromatic rings. The van der Waals surface area contributed by atoms with Gasteiger partial charge in [0.2, 0.25) is 5.91 Å². The van der Waals surface area contributed by atoms with Crippen molar-refractivity contribution in [2.75, 3.05) is 13.2 Å². The summed E-state index contributed by atoms with van der Waals surface area (Å²) in [5, 5.41) is 11.8. The lowest BCUT2D eigenvalue weighted by atomic mass is 9.94. The minimum absolute atomic E-state index is 0.0633. The van der Waals surface area contributed by atoms with E-state index in [1.807, 2.05) is 18.2 Å². The normalized spacial score (nSPS) is 13.6. The van der Waals surface area contributed by atoms with Crippen LogP contribution in [-0.2, 0) is 14.3 Å². The summed E-state index contributed by atoms with van der Waals surface area (Å²) in [6.45, 7) is 3.74. The summed E-state index contributed by atoms with van der Waals surface area (Å²) in [5.41, 5.74) is 0.766. The van der Waals surface area contributed by atoms with Gasteiger partial charge in [-0.15, -0.1) is 0 Å². The third kappa shape index (κ3) is 4.71. The molecule has 0 spiro atoms. The highest BCUT2D eigenvalue weighted by Gasteiger charge is 2.26. The maximum absolute atomic E-state index is 11.7. The van der Waals surface area contributed by atoms with E-state index in [-0.39, 0.29) is 12.5 Å². The van der Waals surface area contributed by atoms with Gasteiger partial charge in [-0.3, -0.25) is 9.59 Å². The Morgan fingerprint density at radius 3 is 2.47 bits per heavy atom. The average Bonchev–Trinajstić information content (AvgIpc) is 2.42. The number of carboxylic acids is 1. The molecule has 0 fully saturated rings. The monoisotopic (exact) mass is 265 g/mol. The highest BCUT2D eigenvalue weighted by molar-refractivity contribution is 5.79. The molecule has 2 atom stereocenters. The Morgan fingerprint density at radius 2 is 1.95 bits per heavy atom. The number of rotatable bonds is 7. The maximum atomic E-state index is 11.7. The van der Waals surface area contributed by atoms with Crippen LogP contribution in [0.4, 0.5) is 0 Å². The smallest absolute Gasteiger partial charge is 0.308 e. The van der Waals surface area contributed by atoms with Crippen LogP contribution in [0.25, 0.3) is 0 Å². The van der Waals surface area contributed by atoms with Crippen molar-refractivity contribution in [2.45, 2.75) is 19.9 Å². The number of carbonyl (C=O) groups is 2. The molecule has 1 rings (SSSR count). The highest BCUT2D eigenvalue weighted by atomic mass is 16.5. The fraction of sp³-hybridized carbons (Fsp3) is 0.429.